The molecule has 0 fully saturated rings. The quantitative estimate of drug-likeness (QED) is 0.899. The van der Waals surface area contributed by atoms with Crippen molar-refractivity contribution >= 4 is 5.91 Å². The fourth-order valence-corrected chi connectivity index (χ4v) is 2.34. The standard InChI is InChI=1S/C16H21N3O2/c1-11-14(12(2)19(4)18-11)15(20)17-10-16(3,21)13-8-6-5-7-9-13/h5-9,21H,10H2,1-4H3,(H,17,20). The molecule has 0 saturated carbocycles. The van der Waals surface area contributed by atoms with Crippen LogP contribution in [0.15, 0.2) is 30.3 Å². The van der Waals surface area contributed by atoms with Gasteiger partial charge in [-0.15, -0.1) is 0 Å². The van der Waals surface area contributed by atoms with Gasteiger partial charge in [0.15, 0.2) is 0 Å². The highest BCUT2D eigenvalue weighted by Gasteiger charge is 2.25. The molecular weight excluding hydrogens is 266 g/mol. The van der Waals surface area contributed by atoms with Crippen LogP contribution in [0, 0.1) is 13.8 Å². The molecule has 5 heteroatoms. The number of benzene rings is 1. The molecule has 0 aliphatic carbocycles. The Labute approximate surface area is 124 Å². The van der Waals surface area contributed by atoms with E-state index in [0.29, 0.717) is 11.3 Å². The maximum atomic E-state index is 12.3. The van der Waals surface area contributed by atoms with Crippen LogP contribution in [0.25, 0.3) is 0 Å². The third-order valence-electron chi connectivity index (χ3n) is 3.72. The lowest BCUT2D eigenvalue weighted by molar-refractivity contribution is 0.0526. The van der Waals surface area contributed by atoms with E-state index in [1.807, 2.05) is 37.3 Å². The van der Waals surface area contributed by atoms with Gasteiger partial charge in [-0.1, -0.05) is 30.3 Å². The number of hydrogen-bond acceptors (Lipinski definition) is 3. The molecule has 1 aromatic heterocycles. The highest BCUT2D eigenvalue weighted by atomic mass is 16.3. The summed E-state index contributed by atoms with van der Waals surface area (Å²) in [5, 5.41) is 17.5. The van der Waals surface area contributed by atoms with E-state index < -0.39 is 5.60 Å². The zero-order valence-corrected chi connectivity index (χ0v) is 12.8. The number of aryl methyl sites for hydroxylation is 2. The molecule has 0 radical (unpaired) electrons. The maximum absolute atomic E-state index is 12.3. The van der Waals surface area contributed by atoms with E-state index in [1.54, 1.807) is 25.6 Å². The second-order valence-corrected chi connectivity index (χ2v) is 5.49. The Morgan fingerprint density at radius 3 is 2.48 bits per heavy atom. The number of rotatable bonds is 4. The van der Waals surface area contributed by atoms with Crippen LogP contribution >= 0.6 is 0 Å². The SMILES string of the molecule is Cc1nn(C)c(C)c1C(=O)NCC(C)(O)c1ccccc1. The molecule has 21 heavy (non-hydrogen) atoms. The van der Waals surface area contributed by atoms with Crippen molar-refractivity contribution in [1.82, 2.24) is 15.1 Å². The maximum Gasteiger partial charge on any atom is 0.255 e. The summed E-state index contributed by atoms with van der Waals surface area (Å²) in [6.45, 7) is 5.48. The van der Waals surface area contributed by atoms with E-state index >= 15 is 0 Å². The fourth-order valence-electron chi connectivity index (χ4n) is 2.34. The zero-order valence-electron chi connectivity index (χ0n) is 12.8. The van der Waals surface area contributed by atoms with Crippen LogP contribution < -0.4 is 5.32 Å². The van der Waals surface area contributed by atoms with Gasteiger partial charge in [-0.2, -0.15) is 5.10 Å². The van der Waals surface area contributed by atoms with Crippen molar-refractivity contribution in [1.29, 1.82) is 0 Å². The first-order valence-corrected chi connectivity index (χ1v) is 6.89. The first kappa shape index (κ1) is 15.3. The highest BCUT2D eigenvalue weighted by molar-refractivity contribution is 5.96. The molecule has 5 nitrogen and oxygen atoms in total. The molecule has 0 aliphatic heterocycles. The average molecular weight is 287 g/mol. The Bertz CT molecular complexity index is 645. The molecule has 0 spiro atoms. The summed E-state index contributed by atoms with van der Waals surface area (Å²) in [5.41, 5.74) is 1.73. The molecular formula is C16H21N3O2. The van der Waals surface area contributed by atoms with Crippen LogP contribution in [-0.4, -0.2) is 27.3 Å². The summed E-state index contributed by atoms with van der Waals surface area (Å²) in [6.07, 6.45) is 0. The molecule has 1 unspecified atom stereocenters. The van der Waals surface area contributed by atoms with Crippen molar-refractivity contribution < 1.29 is 9.90 Å². The number of carbonyl (C=O) groups excluding carboxylic acids is 1. The summed E-state index contributed by atoms with van der Waals surface area (Å²) in [6, 6.07) is 9.29. The van der Waals surface area contributed by atoms with Gasteiger partial charge in [0.1, 0.15) is 5.60 Å². The molecule has 1 amide bonds. The van der Waals surface area contributed by atoms with Gasteiger partial charge in [-0.3, -0.25) is 9.48 Å². The van der Waals surface area contributed by atoms with Gasteiger partial charge in [0.25, 0.3) is 5.91 Å². The van der Waals surface area contributed by atoms with Gasteiger partial charge >= 0.3 is 0 Å². The summed E-state index contributed by atoms with van der Waals surface area (Å²) in [4.78, 5) is 12.3. The monoisotopic (exact) mass is 287 g/mol. The third-order valence-corrected chi connectivity index (χ3v) is 3.72. The largest absolute Gasteiger partial charge is 0.384 e. The van der Waals surface area contributed by atoms with Gasteiger partial charge in [0.05, 0.1) is 17.8 Å². The lowest BCUT2D eigenvalue weighted by atomic mass is 9.96. The Morgan fingerprint density at radius 2 is 1.95 bits per heavy atom. The third kappa shape index (κ3) is 3.13. The number of amides is 1. The number of nitrogens with one attached hydrogen (secondary N) is 1. The van der Waals surface area contributed by atoms with Crippen molar-refractivity contribution in [2.45, 2.75) is 26.4 Å². The van der Waals surface area contributed by atoms with Crippen LogP contribution in [0.4, 0.5) is 0 Å². The Kier molecular flexibility index (Phi) is 4.14. The van der Waals surface area contributed by atoms with Crippen LogP contribution in [0.5, 0.6) is 0 Å². The number of nitrogens with zero attached hydrogens (tertiary/aromatic N) is 2. The fraction of sp³-hybridized carbons (Fsp3) is 0.375. The second-order valence-electron chi connectivity index (χ2n) is 5.49. The minimum atomic E-state index is -1.11. The average Bonchev–Trinajstić information content (AvgIpc) is 2.71. The molecule has 2 aromatic rings. The Hall–Kier alpha value is -2.14. The first-order chi connectivity index (χ1) is 9.83. The van der Waals surface area contributed by atoms with Crippen LogP contribution in [0.1, 0.15) is 34.2 Å². The summed E-state index contributed by atoms with van der Waals surface area (Å²) in [7, 11) is 1.80. The number of hydrogen-bond donors (Lipinski definition) is 2. The second kappa shape index (κ2) is 5.69. The minimum Gasteiger partial charge on any atom is -0.384 e. The first-order valence-electron chi connectivity index (χ1n) is 6.89. The smallest absolute Gasteiger partial charge is 0.255 e. The van der Waals surface area contributed by atoms with Crippen molar-refractivity contribution in [3.8, 4) is 0 Å². The van der Waals surface area contributed by atoms with E-state index in [9.17, 15) is 9.90 Å². The topological polar surface area (TPSA) is 67.2 Å². The van der Waals surface area contributed by atoms with E-state index in [0.717, 1.165) is 11.3 Å². The van der Waals surface area contributed by atoms with E-state index in [2.05, 4.69) is 10.4 Å². The van der Waals surface area contributed by atoms with E-state index in [1.165, 1.54) is 0 Å². The van der Waals surface area contributed by atoms with Gasteiger partial charge in [0, 0.05) is 12.7 Å². The predicted molar refractivity (Wildman–Crippen MR) is 81.0 cm³/mol. The number of aliphatic hydroxyl groups is 1. The zero-order chi connectivity index (χ0) is 15.6. The van der Waals surface area contributed by atoms with Crippen LogP contribution in [0.2, 0.25) is 0 Å². The molecule has 2 N–H and O–H groups in total. The molecule has 2 rings (SSSR count). The van der Waals surface area contributed by atoms with Crippen LogP contribution in [-0.2, 0) is 12.6 Å². The molecule has 0 saturated heterocycles. The van der Waals surface area contributed by atoms with Crippen molar-refractivity contribution in [3.05, 3.63) is 52.8 Å². The minimum absolute atomic E-state index is 0.142. The molecule has 0 aliphatic rings. The van der Waals surface area contributed by atoms with E-state index in [-0.39, 0.29) is 12.5 Å². The number of aromatic nitrogens is 2. The Balaban J connectivity index is 2.11. The normalized spacial score (nSPS) is 13.8. The summed E-state index contributed by atoms with van der Waals surface area (Å²) < 4.78 is 1.68. The molecule has 1 aromatic carbocycles. The van der Waals surface area contributed by atoms with Crippen molar-refractivity contribution in [2.24, 2.45) is 7.05 Å². The predicted octanol–water partition coefficient (Wildman–Crippen LogP) is 1.67. The summed E-state index contributed by atoms with van der Waals surface area (Å²) >= 11 is 0. The van der Waals surface area contributed by atoms with Gasteiger partial charge in [-0.05, 0) is 26.3 Å². The van der Waals surface area contributed by atoms with Gasteiger partial charge in [0.2, 0.25) is 0 Å². The molecule has 1 heterocycles. The lowest BCUT2D eigenvalue weighted by Crippen LogP contribution is -2.38. The molecule has 0 bridgehead atoms. The Morgan fingerprint density at radius 1 is 1.33 bits per heavy atom. The molecule has 1 atom stereocenters. The van der Waals surface area contributed by atoms with Crippen molar-refractivity contribution in [3.63, 3.8) is 0 Å². The molecule has 112 valence electrons. The summed E-state index contributed by atoms with van der Waals surface area (Å²) in [5.74, 6) is -0.214. The van der Waals surface area contributed by atoms with E-state index in [4.69, 9.17) is 0 Å². The van der Waals surface area contributed by atoms with Crippen LogP contribution in [0.3, 0.4) is 0 Å². The van der Waals surface area contributed by atoms with Gasteiger partial charge in [-0.25, -0.2) is 0 Å². The van der Waals surface area contributed by atoms with Gasteiger partial charge < -0.3 is 10.4 Å². The number of carbonyl (C=O) groups is 1. The highest BCUT2D eigenvalue weighted by Crippen LogP contribution is 2.19. The lowest BCUT2D eigenvalue weighted by Gasteiger charge is -2.24. The van der Waals surface area contributed by atoms with Crippen molar-refractivity contribution in [2.75, 3.05) is 6.54 Å².